The first-order chi connectivity index (χ1) is 15.3. The maximum atomic E-state index is 13.6. The van der Waals surface area contributed by atoms with E-state index in [9.17, 15) is 9.18 Å². The molecule has 172 valence electrons. The quantitative estimate of drug-likeness (QED) is 0.573. The Morgan fingerprint density at radius 1 is 1.06 bits per heavy atom. The van der Waals surface area contributed by atoms with Crippen LogP contribution < -0.4 is 4.74 Å². The Kier molecular flexibility index (Phi) is 6.85. The molecule has 32 heavy (non-hydrogen) atoms. The predicted octanol–water partition coefficient (Wildman–Crippen LogP) is 5.12. The molecule has 2 aliphatic rings. The number of rotatable bonds is 8. The summed E-state index contributed by atoms with van der Waals surface area (Å²) < 4.78 is 19.2. The van der Waals surface area contributed by atoms with Crippen LogP contribution in [0.25, 0.3) is 0 Å². The monoisotopic (exact) mass is 438 g/mol. The van der Waals surface area contributed by atoms with Gasteiger partial charge in [0.05, 0.1) is 6.61 Å². The number of ether oxygens (including phenoxy) is 1. The summed E-state index contributed by atoms with van der Waals surface area (Å²) in [4.78, 5) is 17.9. The highest BCUT2D eigenvalue weighted by Crippen LogP contribution is 2.60. The van der Waals surface area contributed by atoms with Crippen LogP contribution in [0.3, 0.4) is 0 Å². The zero-order valence-electron chi connectivity index (χ0n) is 19.5. The maximum absolute atomic E-state index is 13.6. The van der Waals surface area contributed by atoms with Gasteiger partial charge in [-0.2, -0.15) is 0 Å². The first kappa shape index (κ1) is 22.8. The van der Waals surface area contributed by atoms with E-state index >= 15 is 0 Å². The van der Waals surface area contributed by atoms with Crippen LogP contribution in [0.2, 0.25) is 0 Å². The molecule has 1 amide bonds. The average Bonchev–Trinajstić information content (AvgIpc) is 3.49. The fraction of sp³-hybridized carbons (Fsp3) is 0.519. The molecule has 0 N–H and O–H groups in total. The maximum Gasteiger partial charge on any atom is 0.226 e. The van der Waals surface area contributed by atoms with E-state index in [4.69, 9.17) is 4.74 Å². The summed E-state index contributed by atoms with van der Waals surface area (Å²) >= 11 is 0. The summed E-state index contributed by atoms with van der Waals surface area (Å²) in [5.41, 5.74) is 2.23. The van der Waals surface area contributed by atoms with Crippen molar-refractivity contribution in [3.63, 3.8) is 0 Å². The van der Waals surface area contributed by atoms with Crippen LogP contribution in [0, 0.1) is 23.1 Å². The predicted molar refractivity (Wildman–Crippen MR) is 125 cm³/mol. The summed E-state index contributed by atoms with van der Waals surface area (Å²) in [6.45, 7) is 8.13. The van der Waals surface area contributed by atoms with E-state index in [2.05, 4.69) is 25.8 Å². The van der Waals surface area contributed by atoms with Crippen LogP contribution in [0.4, 0.5) is 4.39 Å². The standard InChI is InChI=1S/C27H35FN2O2/c1-20(2)19-32-24-10-6-22(7-11-24)18-30(17-21-4-8-23(28)9-5-21)26(31)25-16-27(25)12-14-29(3)15-13-27/h4-11,20,25H,12-19H2,1-3H3. The van der Waals surface area contributed by atoms with E-state index in [1.807, 2.05) is 29.2 Å². The van der Waals surface area contributed by atoms with Gasteiger partial charge in [0, 0.05) is 19.0 Å². The molecule has 1 atom stereocenters. The number of halogens is 1. The molecule has 4 rings (SSSR count). The van der Waals surface area contributed by atoms with Crippen LogP contribution >= 0.6 is 0 Å². The molecule has 1 heterocycles. The van der Waals surface area contributed by atoms with Crippen LogP contribution in [0.1, 0.15) is 44.2 Å². The Balaban J connectivity index is 1.46. The van der Waals surface area contributed by atoms with Gasteiger partial charge in [-0.15, -0.1) is 0 Å². The molecular formula is C27H35FN2O2. The zero-order valence-corrected chi connectivity index (χ0v) is 19.5. The topological polar surface area (TPSA) is 32.8 Å². The van der Waals surface area contributed by atoms with Crippen molar-refractivity contribution in [2.45, 2.75) is 46.2 Å². The van der Waals surface area contributed by atoms with Gasteiger partial charge in [0.2, 0.25) is 5.91 Å². The van der Waals surface area contributed by atoms with Crippen LogP contribution in [-0.2, 0) is 17.9 Å². The highest BCUT2D eigenvalue weighted by atomic mass is 19.1. The summed E-state index contributed by atoms with van der Waals surface area (Å²) in [6, 6.07) is 14.5. The van der Waals surface area contributed by atoms with E-state index in [-0.39, 0.29) is 23.1 Å². The molecule has 1 unspecified atom stereocenters. The first-order valence-electron chi connectivity index (χ1n) is 11.8. The molecule has 1 aliphatic heterocycles. The Hall–Kier alpha value is -2.40. The molecule has 0 bridgehead atoms. The minimum atomic E-state index is -0.254. The van der Waals surface area contributed by atoms with Crippen molar-refractivity contribution in [1.82, 2.24) is 9.80 Å². The fourth-order valence-electron chi connectivity index (χ4n) is 4.73. The van der Waals surface area contributed by atoms with E-state index < -0.39 is 0 Å². The minimum Gasteiger partial charge on any atom is -0.493 e. The molecule has 2 aromatic rings. The molecule has 2 fully saturated rings. The summed E-state index contributed by atoms with van der Waals surface area (Å²) in [7, 11) is 2.15. The smallest absolute Gasteiger partial charge is 0.226 e. The van der Waals surface area contributed by atoms with Gasteiger partial charge < -0.3 is 14.5 Å². The van der Waals surface area contributed by atoms with Gasteiger partial charge in [0.15, 0.2) is 0 Å². The zero-order chi connectivity index (χ0) is 22.7. The molecule has 1 spiro atoms. The average molecular weight is 439 g/mol. The molecule has 0 aromatic heterocycles. The van der Waals surface area contributed by atoms with Gasteiger partial charge in [0.1, 0.15) is 11.6 Å². The second kappa shape index (κ2) is 9.62. The molecule has 5 heteroatoms. The van der Waals surface area contributed by atoms with Gasteiger partial charge in [0.25, 0.3) is 0 Å². The number of hydrogen-bond donors (Lipinski definition) is 0. The summed E-state index contributed by atoms with van der Waals surface area (Å²) in [6.07, 6.45) is 3.21. The number of piperidine rings is 1. The highest BCUT2D eigenvalue weighted by molar-refractivity contribution is 5.82. The Morgan fingerprint density at radius 3 is 2.19 bits per heavy atom. The van der Waals surface area contributed by atoms with E-state index in [1.54, 1.807) is 12.1 Å². The molecule has 1 saturated heterocycles. The molecule has 0 radical (unpaired) electrons. The van der Waals surface area contributed by atoms with Crippen LogP contribution in [-0.4, -0.2) is 42.5 Å². The Morgan fingerprint density at radius 2 is 1.62 bits per heavy atom. The second-order valence-electron chi connectivity index (χ2n) is 10.1. The summed E-state index contributed by atoms with van der Waals surface area (Å²) in [5.74, 6) is 1.43. The van der Waals surface area contributed by atoms with Crippen molar-refractivity contribution in [2.24, 2.45) is 17.3 Å². The third-order valence-corrected chi connectivity index (χ3v) is 6.95. The van der Waals surface area contributed by atoms with Crippen molar-refractivity contribution >= 4 is 5.91 Å². The van der Waals surface area contributed by atoms with Gasteiger partial charge in [-0.05, 0) is 86.1 Å². The Bertz CT molecular complexity index is 902. The third-order valence-electron chi connectivity index (χ3n) is 6.95. The SMILES string of the molecule is CC(C)COc1ccc(CN(Cc2ccc(F)cc2)C(=O)C2CC23CCN(C)CC3)cc1. The summed E-state index contributed by atoms with van der Waals surface area (Å²) in [5, 5.41) is 0. The number of amides is 1. The lowest BCUT2D eigenvalue weighted by molar-refractivity contribution is -0.135. The first-order valence-corrected chi connectivity index (χ1v) is 11.8. The highest BCUT2D eigenvalue weighted by Gasteiger charge is 2.59. The molecule has 2 aromatic carbocycles. The second-order valence-corrected chi connectivity index (χ2v) is 10.1. The molecule has 1 aliphatic carbocycles. The fourth-order valence-corrected chi connectivity index (χ4v) is 4.73. The lowest BCUT2D eigenvalue weighted by Gasteiger charge is -2.31. The van der Waals surface area contributed by atoms with Crippen molar-refractivity contribution in [2.75, 3.05) is 26.7 Å². The normalized spacial score (nSPS) is 19.8. The van der Waals surface area contributed by atoms with Gasteiger partial charge >= 0.3 is 0 Å². The molecular weight excluding hydrogens is 403 g/mol. The van der Waals surface area contributed by atoms with E-state index in [1.165, 1.54) is 12.1 Å². The Labute approximate surface area is 191 Å². The third kappa shape index (κ3) is 5.50. The number of carbonyl (C=O) groups is 1. The number of benzene rings is 2. The lowest BCUT2D eigenvalue weighted by atomic mass is 9.90. The van der Waals surface area contributed by atoms with Gasteiger partial charge in [-0.3, -0.25) is 4.79 Å². The van der Waals surface area contributed by atoms with E-state index in [0.29, 0.717) is 25.6 Å². The molecule has 4 nitrogen and oxygen atoms in total. The number of nitrogens with zero attached hydrogens (tertiary/aromatic N) is 2. The van der Waals surface area contributed by atoms with Crippen molar-refractivity contribution in [3.8, 4) is 5.75 Å². The van der Waals surface area contributed by atoms with E-state index in [0.717, 1.165) is 49.2 Å². The van der Waals surface area contributed by atoms with Crippen molar-refractivity contribution < 1.29 is 13.9 Å². The minimum absolute atomic E-state index is 0.116. The van der Waals surface area contributed by atoms with Crippen LogP contribution in [0.5, 0.6) is 5.75 Å². The molecule has 1 saturated carbocycles. The van der Waals surface area contributed by atoms with Gasteiger partial charge in [-0.25, -0.2) is 4.39 Å². The van der Waals surface area contributed by atoms with Crippen LogP contribution in [0.15, 0.2) is 48.5 Å². The number of carbonyl (C=O) groups excluding carboxylic acids is 1. The number of hydrogen-bond acceptors (Lipinski definition) is 3. The van der Waals surface area contributed by atoms with Gasteiger partial charge in [-0.1, -0.05) is 38.1 Å². The number of likely N-dealkylation sites (tertiary alicyclic amines) is 1. The largest absolute Gasteiger partial charge is 0.493 e. The van der Waals surface area contributed by atoms with Crippen molar-refractivity contribution in [3.05, 3.63) is 65.5 Å². The van der Waals surface area contributed by atoms with Crippen molar-refractivity contribution in [1.29, 1.82) is 0 Å². The lowest BCUT2D eigenvalue weighted by Crippen LogP contribution is -2.36.